The van der Waals surface area contributed by atoms with Crippen LogP contribution in [0.1, 0.15) is 29.8 Å². The molecule has 0 amide bonds. The Morgan fingerprint density at radius 3 is 2.65 bits per heavy atom. The van der Waals surface area contributed by atoms with Crippen molar-refractivity contribution in [2.45, 2.75) is 20.4 Å². The molecular formula is C25H21N5O4. The standard InChI is InChI=1S/C25H21N5O4/c1-15(2)13-30-14-20(24(32)33)23(31)19-8-7-18(11-21(19)30)34-22-9-10-27-25(29-22)28-17-5-3-16(12-26)4-6-17/h3-11,14-15H,13H2,1-2H3,(H,32,33)(H,27,28,29). The van der Waals surface area contributed by atoms with Gasteiger partial charge in [-0.3, -0.25) is 4.79 Å². The summed E-state index contributed by atoms with van der Waals surface area (Å²) >= 11 is 0. The summed E-state index contributed by atoms with van der Waals surface area (Å²) in [6.45, 7) is 4.55. The van der Waals surface area contributed by atoms with Gasteiger partial charge in [-0.15, -0.1) is 0 Å². The number of benzene rings is 2. The molecule has 0 aliphatic carbocycles. The molecule has 0 unspecified atom stereocenters. The molecule has 0 bridgehead atoms. The minimum absolute atomic E-state index is 0.231. The first-order valence-corrected chi connectivity index (χ1v) is 10.5. The number of carboxylic acids is 1. The van der Waals surface area contributed by atoms with Crippen molar-refractivity contribution in [2.24, 2.45) is 5.92 Å². The van der Waals surface area contributed by atoms with Gasteiger partial charge < -0.3 is 19.7 Å². The number of ether oxygens (including phenoxy) is 1. The normalized spacial score (nSPS) is 10.8. The summed E-state index contributed by atoms with van der Waals surface area (Å²) in [5, 5.41) is 21.7. The quantitative estimate of drug-likeness (QED) is 0.415. The second-order valence-corrected chi connectivity index (χ2v) is 8.04. The van der Waals surface area contributed by atoms with Gasteiger partial charge in [0.15, 0.2) is 0 Å². The van der Waals surface area contributed by atoms with E-state index in [0.29, 0.717) is 40.4 Å². The van der Waals surface area contributed by atoms with Crippen molar-refractivity contribution in [1.29, 1.82) is 5.26 Å². The summed E-state index contributed by atoms with van der Waals surface area (Å²) in [5.41, 5.74) is 1.03. The Morgan fingerprint density at radius 1 is 1.21 bits per heavy atom. The summed E-state index contributed by atoms with van der Waals surface area (Å²) in [5.74, 6) is 0.00869. The Kier molecular flexibility index (Phi) is 6.23. The minimum atomic E-state index is -1.26. The van der Waals surface area contributed by atoms with Crippen LogP contribution in [-0.4, -0.2) is 25.6 Å². The molecule has 0 spiro atoms. The van der Waals surface area contributed by atoms with Crippen molar-refractivity contribution >= 4 is 28.5 Å². The smallest absolute Gasteiger partial charge is 0.341 e. The van der Waals surface area contributed by atoms with Gasteiger partial charge in [-0.2, -0.15) is 10.2 Å². The highest BCUT2D eigenvalue weighted by molar-refractivity contribution is 5.92. The largest absolute Gasteiger partial charge is 0.477 e. The van der Waals surface area contributed by atoms with E-state index in [4.69, 9.17) is 10.00 Å². The van der Waals surface area contributed by atoms with Gasteiger partial charge in [0.25, 0.3) is 0 Å². The molecule has 9 nitrogen and oxygen atoms in total. The van der Waals surface area contributed by atoms with Crippen LogP contribution in [0.4, 0.5) is 11.6 Å². The van der Waals surface area contributed by atoms with Crippen molar-refractivity contribution in [3.63, 3.8) is 0 Å². The molecule has 0 radical (unpaired) electrons. The van der Waals surface area contributed by atoms with Gasteiger partial charge in [0, 0.05) is 42.1 Å². The summed E-state index contributed by atoms with van der Waals surface area (Å²) in [6, 6.07) is 15.4. The van der Waals surface area contributed by atoms with E-state index in [0.717, 1.165) is 0 Å². The Morgan fingerprint density at radius 2 is 1.97 bits per heavy atom. The van der Waals surface area contributed by atoms with Gasteiger partial charge in [0.05, 0.1) is 17.1 Å². The van der Waals surface area contributed by atoms with E-state index in [-0.39, 0.29) is 17.4 Å². The van der Waals surface area contributed by atoms with E-state index in [1.165, 1.54) is 6.20 Å². The zero-order valence-corrected chi connectivity index (χ0v) is 18.5. The summed E-state index contributed by atoms with van der Waals surface area (Å²) in [4.78, 5) is 32.7. The van der Waals surface area contributed by atoms with E-state index in [9.17, 15) is 14.7 Å². The van der Waals surface area contributed by atoms with E-state index >= 15 is 0 Å². The van der Waals surface area contributed by atoms with Crippen LogP contribution in [0.15, 0.2) is 65.7 Å². The van der Waals surface area contributed by atoms with Crippen molar-refractivity contribution in [1.82, 2.24) is 14.5 Å². The number of nitrogens with zero attached hydrogens (tertiary/aromatic N) is 4. The molecule has 0 atom stereocenters. The Labute approximate surface area is 194 Å². The van der Waals surface area contributed by atoms with Gasteiger partial charge in [-0.25, -0.2) is 9.78 Å². The highest BCUT2D eigenvalue weighted by Gasteiger charge is 2.16. The number of nitrogens with one attached hydrogen (secondary N) is 1. The van der Waals surface area contributed by atoms with Crippen molar-refractivity contribution in [3.8, 4) is 17.7 Å². The van der Waals surface area contributed by atoms with Crippen LogP contribution in [-0.2, 0) is 6.54 Å². The predicted molar refractivity (Wildman–Crippen MR) is 127 cm³/mol. The predicted octanol–water partition coefficient (Wildman–Crippen LogP) is 4.55. The Balaban J connectivity index is 1.65. The van der Waals surface area contributed by atoms with Gasteiger partial charge >= 0.3 is 5.97 Å². The molecule has 0 aliphatic rings. The minimum Gasteiger partial charge on any atom is -0.477 e. The maximum absolute atomic E-state index is 12.7. The average Bonchev–Trinajstić information content (AvgIpc) is 2.81. The number of hydrogen-bond acceptors (Lipinski definition) is 7. The highest BCUT2D eigenvalue weighted by atomic mass is 16.5. The van der Waals surface area contributed by atoms with E-state index in [1.54, 1.807) is 59.3 Å². The third-order valence-corrected chi connectivity index (χ3v) is 4.97. The molecule has 170 valence electrons. The molecule has 0 saturated carbocycles. The number of hydrogen-bond donors (Lipinski definition) is 2. The van der Waals surface area contributed by atoms with E-state index < -0.39 is 11.4 Å². The number of aromatic nitrogens is 3. The van der Waals surface area contributed by atoms with Crippen LogP contribution >= 0.6 is 0 Å². The fourth-order valence-corrected chi connectivity index (χ4v) is 3.47. The summed E-state index contributed by atoms with van der Waals surface area (Å²) in [6.07, 6.45) is 2.92. The Hall–Kier alpha value is -4.71. The highest BCUT2D eigenvalue weighted by Crippen LogP contribution is 2.25. The molecule has 0 fully saturated rings. The molecule has 34 heavy (non-hydrogen) atoms. The molecule has 0 aliphatic heterocycles. The lowest BCUT2D eigenvalue weighted by atomic mass is 10.1. The molecular weight excluding hydrogens is 434 g/mol. The van der Waals surface area contributed by atoms with Crippen LogP contribution in [0.5, 0.6) is 11.6 Å². The van der Waals surface area contributed by atoms with E-state index in [2.05, 4.69) is 21.4 Å². The summed E-state index contributed by atoms with van der Waals surface area (Å²) < 4.78 is 7.67. The number of aromatic carboxylic acids is 1. The van der Waals surface area contributed by atoms with E-state index in [1.807, 2.05) is 13.8 Å². The summed E-state index contributed by atoms with van der Waals surface area (Å²) in [7, 11) is 0. The third-order valence-electron chi connectivity index (χ3n) is 4.97. The van der Waals surface area contributed by atoms with Crippen molar-refractivity contribution in [3.05, 3.63) is 82.3 Å². The van der Waals surface area contributed by atoms with Crippen LogP contribution < -0.4 is 15.5 Å². The lowest BCUT2D eigenvalue weighted by Crippen LogP contribution is -2.20. The van der Waals surface area contributed by atoms with Gasteiger partial charge in [0.1, 0.15) is 11.3 Å². The zero-order chi connectivity index (χ0) is 24.2. The number of carboxylic acid groups (broad SMARTS) is 1. The van der Waals surface area contributed by atoms with Crippen LogP contribution in [0.25, 0.3) is 10.9 Å². The fraction of sp³-hybridized carbons (Fsp3) is 0.160. The number of carbonyl (C=O) groups is 1. The number of nitriles is 1. The van der Waals surface area contributed by atoms with Crippen molar-refractivity contribution in [2.75, 3.05) is 5.32 Å². The topological polar surface area (TPSA) is 130 Å². The van der Waals surface area contributed by atoms with Gasteiger partial charge in [-0.05, 0) is 42.3 Å². The number of pyridine rings is 1. The van der Waals surface area contributed by atoms with Crippen LogP contribution in [0.3, 0.4) is 0 Å². The monoisotopic (exact) mass is 455 g/mol. The fourth-order valence-electron chi connectivity index (χ4n) is 3.47. The van der Waals surface area contributed by atoms with Crippen LogP contribution in [0.2, 0.25) is 0 Å². The molecule has 4 rings (SSSR count). The first kappa shape index (κ1) is 22.5. The van der Waals surface area contributed by atoms with Crippen LogP contribution in [0, 0.1) is 17.2 Å². The number of anilines is 2. The second kappa shape index (κ2) is 9.42. The second-order valence-electron chi connectivity index (χ2n) is 8.04. The number of fused-ring (bicyclic) bond motifs is 1. The maximum atomic E-state index is 12.7. The van der Waals surface area contributed by atoms with Gasteiger partial charge in [-0.1, -0.05) is 13.8 Å². The van der Waals surface area contributed by atoms with Gasteiger partial charge in [0.2, 0.25) is 17.3 Å². The Bertz CT molecular complexity index is 1470. The first-order valence-electron chi connectivity index (χ1n) is 10.5. The molecule has 2 N–H and O–H groups in total. The van der Waals surface area contributed by atoms with Crippen molar-refractivity contribution < 1.29 is 14.6 Å². The average molecular weight is 455 g/mol. The molecule has 4 aromatic rings. The number of rotatable bonds is 7. The lowest BCUT2D eigenvalue weighted by molar-refractivity contribution is 0.0694. The maximum Gasteiger partial charge on any atom is 0.341 e. The molecule has 9 heteroatoms. The SMILES string of the molecule is CC(C)Cn1cc(C(=O)O)c(=O)c2ccc(Oc3ccnc(Nc4ccc(C#N)cc4)n3)cc21. The molecule has 2 aromatic carbocycles. The first-order chi connectivity index (χ1) is 16.3. The lowest BCUT2D eigenvalue weighted by Gasteiger charge is -2.15. The molecule has 2 aromatic heterocycles. The zero-order valence-electron chi connectivity index (χ0n) is 18.5. The third kappa shape index (κ3) is 4.86. The molecule has 2 heterocycles. The molecule has 0 saturated heterocycles.